The summed E-state index contributed by atoms with van der Waals surface area (Å²) in [5.74, 6) is -1.20. The van der Waals surface area contributed by atoms with Crippen molar-refractivity contribution >= 4 is 23.3 Å². The van der Waals surface area contributed by atoms with E-state index >= 15 is 0 Å². The lowest BCUT2D eigenvalue weighted by Crippen LogP contribution is -2.25. The molecule has 0 amide bonds. The Balaban J connectivity index is 3.16. The van der Waals surface area contributed by atoms with E-state index in [2.05, 4.69) is 4.74 Å². The van der Waals surface area contributed by atoms with Gasteiger partial charge in [0.2, 0.25) is 0 Å². The molecule has 1 rings (SSSR count). The Bertz CT molecular complexity index is 518. The second-order valence-corrected chi connectivity index (χ2v) is 4.98. The molecule has 4 N–H and O–H groups in total. The average Bonchev–Trinajstić information content (AvgIpc) is 2.29. The first-order chi connectivity index (χ1) is 8.67. The van der Waals surface area contributed by atoms with Crippen molar-refractivity contribution in [2.45, 2.75) is 26.4 Å². The standard InChI is InChI=1S/C13H18N2O4/c1-13(2,3)19-12(17)8-6-5-7(11(16)18-4)9(14)10(8)15/h5-6H,14-15H2,1-4H3. The highest BCUT2D eigenvalue weighted by Crippen LogP contribution is 2.26. The van der Waals surface area contributed by atoms with Gasteiger partial charge in [0.05, 0.1) is 29.6 Å². The minimum absolute atomic E-state index is 0.00945. The van der Waals surface area contributed by atoms with Crippen LogP contribution in [0.25, 0.3) is 0 Å². The van der Waals surface area contributed by atoms with E-state index in [0.29, 0.717) is 0 Å². The van der Waals surface area contributed by atoms with Gasteiger partial charge >= 0.3 is 11.9 Å². The van der Waals surface area contributed by atoms with Gasteiger partial charge in [-0.2, -0.15) is 0 Å². The number of rotatable bonds is 2. The second-order valence-electron chi connectivity index (χ2n) is 4.98. The maximum absolute atomic E-state index is 11.9. The maximum Gasteiger partial charge on any atom is 0.340 e. The third-order valence-electron chi connectivity index (χ3n) is 2.31. The van der Waals surface area contributed by atoms with Crippen LogP contribution in [0.1, 0.15) is 41.5 Å². The van der Waals surface area contributed by atoms with Crippen molar-refractivity contribution in [3.05, 3.63) is 23.3 Å². The zero-order valence-corrected chi connectivity index (χ0v) is 11.4. The van der Waals surface area contributed by atoms with Gasteiger partial charge in [0, 0.05) is 0 Å². The first-order valence-corrected chi connectivity index (χ1v) is 5.67. The smallest absolute Gasteiger partial charge is 0.340 e. The Labute approximate surface area is 111 Å². The molecule has 104 valence electrons. The summed E-state index contributed by atoms with van der Waals surface area (Å²) in [7, 11) is 1.24. The van der Waals surface area contributed by atoms with Crippen LogP contribution in [-0.2, 0) is 9.47 Å². The topological polar surface area (TPSA) is 105 Å². The number of nitrogens with two attached hydrogens (primary N) is 2. The van der Waals surface area contributed by atoms with Gasteiger partial charge in [-0.3, -0.25) is 0 Å². The monoisotopic (exact) mass is 266 g/mol. The van der Waals surface area contributed by atoms with Crippen molar-refractivity contribution in [2.75, 3.05) is 18.6 Å². The first-order valence-electron chi connectivity index (χ1n) is 5.67. The van der Waals surface area contributed by atoms with Crippen LogP contribution in [0.2, 0.25) is 0 Å². The van der Waals surface area contributed by atoms with E-state index in [1.54, 1.807) is 20.8 Å². The van der Waals surface area contributed by atoms with Gasteiger partial charge < -0.3 is 20.9 Å². The third kappa shape index (κ3) is 3.37. The summed E-state index contributed by atoms with van der Waals surface area (Å²) in [5.41, 5.74) is 11.1. The van der Waals surface area contributed by atoms with Gasteiger partial charge in [-0.15, -0.1) is 0 Å². The Hall–Kier alpha value is -2.24. The Kier molecular flexibility index (Phi) is 4.04. The molecule has 19 heavy (non-hydrogen) atoms. The summed E-state index contributed by atoms with van der Waals surface area (Å²) in [4.78, 5) is 23.3. The second kappa shape index (κ2) is 5.17. The molecule has 0 aliphatic carbocycles. The Morgan fingerprint density at radius 2 is 1.42 bits per heavy atom. The van der Waals surface area contributed by atoms with Crippen molar-refractivity contribution in [2.24, 2.45) is 0 Å². The van der Waals surface area contributed by atoms with Crippen LogP contribution in [0.4, 0.5) is 11.4 Å². The summed E-state index contributed by atoms with van der Waals surface area (Å²) < 4.78 is 9.76. The summed E-state index contributed by atoms with van der Waals surface area (Å²) in [5, 5.41) is 0. The van der Waals surface area contributed by atoms with Gasteiger partial charge in [-0.1, -0.05) is 0 Å². The van der Waals surface area contributed by atoms with Crippen LogP contribution in [0.15, 0.2) is 12.1 Å². The van der Waals surface area contributed by atoms with Crippen LogP contribution in [0.5, 0.6) is 0 Å². The van der Waals surface area contributed by atoms with Gasteiger partial charge in [-0.25, -0.2) is 9.59 Å². The Morgan fingerprint density at radius 3 is 1.79 bits per heavy atom. The number of nitrogen functional groups attached to an aromatic ring is 2. The predicted molar refractivity (Wildman–Crippen MR) is 71.8 cm³/mol. The molecule has 0 heterocycles. The number of carbonyl (C=O) groups is 2. The summed E-state index contributed by atoms with van der Waals surface area (Å²) in [6, 6.07) is 2.78. The van der Waals surface area contributed by atoms with Crippen molar-refractivity contribution in [1.29, 1.82) is 0 Å². The lowest BCUT2D eigenvalue weighted by Gasteiger charge is -2.20. The molecule has 0 fully saturated rings. The molecule has 0 atom stereocenters. The van der Waals surface area contributed by atoms with E-state index in [-0.39, 0.29) is 22.5 Å². The number of hydrogen-bond acceptors (Lipinski definition) is 6. The quantitative estimate of drug-likeness (QED) is 0.622. The lowest BCUT2D eigenvalue weighted by molar-refractivity contribution is 0.00704. The molecule has 6 nitrogen and oxygen atoms in total. The zero-order valence-electron chi connectivity index (χ0n) is 11.4. The number of methoxy groups -OCH3 is 1. The van der Waals surface area contributed by atoms with Gasteiger partial charge in [0.15, 0.2) is 0 Å². The van der Waals surface area contributed by atoms with Gasteiger partial charge in [0.25, 0.3) is 0 Å². The highest BCUT2D eigenvalue weighted by atomic mass is 16.6. The van der Waals surface area contributed by atoms with Gasteiger partial charge in [0.1, 0.15) is 5.60 Å². The molecule has 0 aromatic heterocycles. The van der Waals surface area contributed by atoms with E-state index in [9.17, 15) is 9.59 Å². The molecule has 0 saturated heterocycles. The van der Waals surface area contributed by atoms with E-state index in [1.165, 1.54) is 19.2 Å². The maximum atomic E-state index is 11.9. The number of carbonyl (C=O) groups excluding carboxylic acids is 2. The number of anilines is 2. The lowest BCUT2D eigenvalue weighted by atomic mass is 10.1. The molecular formula is C13H18N2O4. The van der Waals surface area contributed by atoms with Crippen molar-refractivity contribution in [1.82, 2.24) is 0 Å². The normalized spacial score (nSPS) is 10.9. The summed E-state index contributed by atoms with van der Waals surface area (Å²) in [6.45, 7) is 5.23. The SMILES string of the molecule is COC(=O)c1ccc(C(=O)OC(C)(C)C)c(N)c1N. The molecule has 0 spiro atoms. The van der Waals surface area contributed by atoms with Crippen LogP contribution in [0.3, 0.4) is 0 Å². The largest absolute Gasteiger partial charge is 0.465 e. The fourth-order valence-corrected chi connectivity index (χ4v) is 1.44. The molecule has 0 aliphatic rings. The minimum Gasteiger partial charge on any atom is -0.465 e. The fourth-order valence-electron chi connectivity index (χ4n) is 1.44. The number of benzene rings is 1. The zero-order chi connectivity index (χ0) is 14.8. The van der Waals surface area contributed by atoms with Gasteiger partial charge in [-0.05, 0) is 32.9 Å². The molecular weight excluding hydrogens is 248 g/mol. The van der Waals surface area contributed by atoms with Crippen molar-refractivity contribution in [3.8, 4) is 0 Å². The van der Waals surface area contributed by atoms with E-state index < -0.39 is 17.5 Å². The molecule has 0 radical (unpaired) electrons. The average molecular weight is 266 g/mol. The number of esters is 2. The number of ether oxygens (including phenoxy) is 2. The molecule has 0 saturated carbocycles. The highest BCUT2D eigenvalue weighted by Gasteiger charge is 2.23. The minimum atomic E-state index is -0.640. The van der Waals surface area contributed by atoms with E-state index in [0.717, 1.165) is 0 Å². The van der Waals surface area contributed by atoms with Crippen LogP contribution >= 0.6 is 0 Å². The highest BCUT2D eigenvalue weighted by molar-refractivity contribution is 6.04. The molecule has 6 heteroatoms. The van der Waals surface area contributed by atoms with E-state index in [1.807, 2.05) is 0 Å². The van der Waals surface area contributed by atoms with E-state index in [4.69, 9.17) is 16.2 Å². The number of hydrogen-bond donors (Lipinski definition) is 2. The van der Waals surface area contributed by atoms with Crippen LogP contribution < -0.4 is 11.5 Å². The van der Waals surface area contributed by atoms with Crippen molar-refractivity contribution in [3.63, 3.8) is 0 Å². The summed E-state index contributed by atoms with van der Waals surface area (Å²) in [6.07, 6.45) is 0. The molecule has 0 aliphatic heterocycles. The molecule has 0 bridgehead atoms. The first kappa shape index (κ1) is 14.8. The predicted octanol–water partition coefficient (Wildman–Crippen LogP) is 1.59. The molecule has 1 aromatic carbocycles. The Morgan fingerprint density at radius 1 is 1.00 bits per heavy atom. The molecule has 0 unspecified atom stereocenters. The van der Waals surface area contributed by atoms with Crippen LogP contribution in [-0.4, -0.2) is 24.6 Å². The van der Waals surface area contributed by atoms with Crippen LogP contribution in [0, 0.1) is 0 Å². The molecule has 1 aromatic rings. The third-order valence-corrected chi connectivity index (χ3v) is 2.31. The van der Waals surface area contributed by atoms with Crippen molar-refractivity contribution < 1.29 is 19.1 Å². The summed E-state index contributed by atoms with van der Waals surface area (Å²) >= 11 is 0. The fraction of sp³-hybridized carbons (Fsp3) is 0.385.